The first kappa shape index (κ1) is 14.5. The van der Waals surface area contributed by atoms with Gasteiger partial charge in [0.1, 0.15) is 0 Å². The zero-order valence-corrected chi connectivity index (χ0v) is 8.50. The molecule has 0 saturated heterocycles. The lowest BCUT2D eigenvalue weighted by Crippen LogP contribution is -1.95. The van der Waals surface area contributed by atoms with E-state index in [0.717, 1.165) is 20.5 Å². The topological polar surface area (TPSA) is 110 Å². The zero-order chi connectivity index (χ0) is 10.4. The van der Waals surface area contributed by atoms with Crippen LogP contribution in [0.2, 0.25) is 0 Å². The highest BCUT2D eigenvalue weighted by Crippen LogP contribution is 2.33. The molecule has 9 heteroatoms. The molecule has 7 nitrogen and oxygen atoms in total. The number of hydrogen-bond donors (Lipinski definition) is 2. The van der Waals surface area contributed by atoms with Gasteiger partial charge in [0.2, 0.25) is 0 Å². The molecule has 0 atom stereocenters. The third kappa shape index (κ3) is 22.5. The average molecular weight is 222 g/mol. The maximum Gasteiger partial charge on any atom is 0.469 e. The van der Waals surface area contributed by atoms with Gasteiger partial charge in [-0.2, -0.15) is 8.42 Å². The van der Waals surface area contributed by atoms with Crippen molar-refractivity contribution in [2.45, 2.75) is 0 Å². The Hall–Kier alpha value is 0.0200. The predicted molar refractivity (Wildman–Crippen MR) is 40.9 cm³/mol. The van der Waals surface area contributed by atoms with Gasteiger partial charge >= 0.3 is 7.82 Å². The van der Waals surface area contributed by atoms with Crippen LogP contribution in [0.3, 0.4) is 0 Å². The molecule has 0 rings (SSSR count). The molecule has 0 aliphatic heterocycles. The summed E-state index contributed by atoms with van der Waals surface area (Å²) in [6.45, 7) is 0. The first-order valence-corrected chi connectivity index (χ1v) is 5.84. The molecule has 0 fully saturated rings. The highest BCUT2D eigenvalue weighted by atomic mass is 32.2. The second-order valence-electron chi connectivity index (χ2n) is 1.54. The van der Waals surface area contributed by atoms with E-state index >= 15 is 0 Å². The molecule has 0 saturated carbocycles. The Kier molecular flexibility index (Phi) is 6.82. The highest BCUT2D eigenvalue weighted by Gasteiger charge is 2.07. The summed E-state index contributed by atoms with van der Waals surface area (Å²) in [5.74, 6) is 0. The summed E-state index contributed by atoms with van der Waals surface area (Å²) in [6.07, 6.45) is 0.993. The lowest BCUT2D eigenvalue weighted by molar-refractivity contribution is 0.235. The van der Waals surface area contributed by atoms with Crippen LogP contribution in [0.5, 0.6) is 0 Å². The van der Waals surface area contributed by atoms with E-state index in [-0.39, 0.29) is 0 Å². The highest BCUT2D eigenvalue weighted by molar-refractivity contribution is 7.85. The summed E-state index contributed by atoms with van der Waals surface area (Å²) in [5, 5.41) is 0. The minimum atomic E-state index is -4.15. The molecule has 0 aromatic carbocycles. The Morgan fingerprint density at radius 1 is 1.25 bits per heavy atom. The van der Waals surface area contributed by atoms with E-state index in [0.29, 0.717) is 0 Å². The molecule has 0 aliphatic carbocycles. The monoisotopic (exact) mass is 222 g/mol. The summed E-state index contributed by atoms with van der Waals surface area (Å²) in [7, 11) is -5.24. The number of phosphoric ester groups is 1. The van der Waals surface area contributed by atoms with Gasteiger partial charge in [-0.25, -0.2) is 4.57 Å². The Morgan fingerprint density at radius 2 is 1.42 bits per heavy atom. The van der Waals surface area contributed by atoms with Crippen molar-refractivity contribution in [2.75, 3.05) is 20.5 Å². The molecule has 2 N–H and O–H groups in total. The quantitative estimate of drug-likeness (QED) is 0.470. The predicted octanol–water partition coefficient (Wildman–Crippen LogP) is -0.682. The van der Waals surface area contributed by atoms with Crippen molar-refractivity contribution in [1.82, 2.24) is 0 Å². The van der Waals surface area contributed by atoms with E-state index in [1.54, 1.807) is 0 Å². The Labute approximate surface area is 70.7 Å². The van der Waals surface area contributed by atoms with Gasteiger partial charge < -0.3 is 9.79 Å². The van der Waals surface area contributed by atoms with Gasteiger partial charge in [-0.15, -0.1) is 0 Å². The second-order valence-corrected chi connectivity index (χ2v) is 4.63. The maximum atomic E-state index is 9.78. The third-order valence-corrected chi connectivity index (χ3v) is 1.62. The van der Waals surface area contributed by atoms with E-state index in [2.05, 4.69) is 8.71 Å². The fraction of sp³-hybridized carbons (Fsp3) is 1.00. The van der Waals surface area contributed by atoms with Crippen LogP contribution in [-0.4, -0.2) is 38.7 Å². The summed E-state index contributed by atoms with van der Waals surface area (Å²) in [4.78, 5) is 15.4. The maximum absolute atomic E-state index is 9.78. The fourth-order valence-electron chi connectivity index (χ4n) is 0. The van der Waals surface area contributed by atoms with E-state index in [1.165, 1.54) is 0 Å². The number of phosphoric acid groups is 1. The molecular formula is C3H11O7PS. The van der Waals surface area contributed by atoms with Gasteiger partial charge in [0.25, 0.3) is 10.1 Å². The van der Waals surface area contributed by atoms with Crippen molar-refractivity contribution in [3.05, 3.63) is 0 Å². The van der Waals surface area contributed by atoms with Crippen LogP contribution in [0.4, 0.5) is 0 Å². The van der Waals surface area contributed by atoms with Gasteiger partial charge in [-0.1, -0.05) is 0 Å². The van der Waals surface area contributed by atoms with Crippen LogP contribution in [0, 0.1) is 0 Å². The SMILES string of the molecule is COP(=O)(O)O.COS(C)(=O)=O. The van der Waals surface area contributed by atoms with Crippen molar-refractivity contribution in [2.24, 2.45) is 0 Å². The Bertz CT molecular complexity index is 237. The molecule has 0 aromatic heterocycles. The van der Waals surface area contributed by atoms with Crippen LogP contribution in [-0.2, 0) is 23.4 Å². The molecule has 0 amide bonds. The molecule has 0 bridgehead atoms. The molecule has 0 radical (unpaired) electrons. The van der Waals surface area contributed by atoms with Gasteiger partial charge in [-0.3, -0.25) is 8.71 Å². The van der Waals surface area contributed by atoms with Crippen LogP contribution in [0.15, 0.2) is 0 Å². The van der Waals surface area contributed by atoms with E-state index in [9.17, 15) is 13.0 Å². The first-order chi connectivity index (χ1) is 5.12. The van der Waals surface area contributed by atoms with Crippen molar-refractivity contribution < 1.29 is 31.5 Å². The molecule has 0 heterocycles. The number of rotatable bonds is 2. The largest absolute Gasteiger partial charge is 0.469 e. The van der Waals surface area contributed by atoms with Crippen LogP contribution >= 0.6 is 7.82 Å². The standard InChI is InChI=1S/C2H6O3S.CH5O4P/c2*1-5-6(2,3)4/h1-2H3;1H3,(H2,2,3,4). The molecule has 0 unspecified atom stereocenters. The van der Waals surface area contributed by atoms with Gasteiger partial charge in [0.05, 0.1) is 13.4 Å². The lowest BCUT2D eigenvalue weighted by atomic mass is 11.8. The molecule has 0 spiro atoms. The normalized spacial score (nSPS) is 11.8. The fourth-order valence-corrected chi connectivity index (χ4v) is 0. The average Bonchev–Trinajstić information content (AvgIpc) is 1.86. The number of hydrogen-bond acceptors (Lipinski definition) is 5. The van der Waals surface area contributed by atoms with Crippen molar-refractivity contribution >= 4 is 17.9 Å². The van der Waals surface area contributed by atoms with Crippen molar-refractivity contribution in [3.8, 4) is 0 Å². The van der Waals surface area contributed by atoms with Gasteiger partial charge in [0, 0.05) is 7.11 Å². The minimum Gasteiger partial charge on any atom is -0.303 e. The van der Waals surface area contributed by atoms with Gasteiger partial charge in [-0.05, 0) is 0 Å². The van der Waals surface area contributed by atoms with Crippen LogP contribution in [0.1, 0.15) is 0 Å². The third-order valence-electron chi connectivity index (χ3n) is 0.541. The lowest BCUT2D eigenvalue weighted by Gasteiger charge is -1.93. The Morgan fingerprint density at radius 3 is 1.42 bits per heavy atom. The summed E-state index contributed by atoms with van der Waals surface area (Å²) in [6, 6.07) is 0. The molecule has 0 aliphatic rings. The summed E-state index contributed by atoms with van der Waals surface area (Å²) in [5.41, 5.74) is 0. The first-order valence-electron chi connectivity index (χ1n) is 2.49. The summed E-state index contributed by atoms with van der Waals surface area (Å²) < 4.78 is 36.5. The Balaban J connectivity index is 0. The molecule has 12 heavy (non-hydrogen) atoms. The van der Waals surface area contributed by atoms with Crippen molar-refractivity contribution in [1.29, 1.82) is 0 Å². The zero-order valence-electron chi connectivity index (χ0n) is 6.79. The van der Waals surface area contributed by atoms with Crippen LogP contribution < -0.4 is 0 Å². The molecular weight excluding hydrogens is 211 g/mol. The smallest absolute Gasteiger partial charge is 0.303 e. The van der Waals surface area contributed by atoms with E-state index in [4.69, 9.17) is 9.79 Å². The summed E-state index contributed by atoms with van der Waals surface area (Å²) >= 11 is 0. The molecule has 76 valence electrons. The molecule has 0 aromatic rings. The van der Waals surface area contributed by atoms with Crippen molar-refractivity contribution in [3.63, 3.8) is 0 Å². The van der Waals surface area contributed by atoms with E-state index in [1.807, 2.05) is 0 Å². The van der Waals surface area contributed by atoms with Crippen LogP contribution in [0.25, 0.3) is 0 Å². The van der Waals surface area contributed by atoms with E-state index < -0.39 is 17.9 Å². The van der Waals surface area contributed by atoms with Gasteiger partial charge in [0.15, 0.2) is 0 Å². The second kappa shape index (κ2) is 5.63. The minimum absolute atomic E-state index is 0.945.